The smallest absolute Gasteiger partial charge is 0.119 e. The fraction of sp³-hybridized carbons (Fsp3) is 0.357. The predicted molar refractivity (Wildman–Crippen MR) is 132 cm³/mol. The van der Waals surface area contributed by atoms with Gasteiger partial charge >= 0.3 is 0 Å². The van der Waals surface area contributed by atoms with Gasteiger partial charge in [-0.1, -0.05) is 75.4 Å². The Hall–Kier alpha value is -2.86. The lowest BCUT2D eigenvalue weighted by atomic mass is 9.78. The van der Waals surface area contributed by atoms with E-state index in [4.69, 9.17) is 4.74 Å². The first-order valence-corrected chi connectivity index (χ1v) is 11.5. The number of hydrogen-bond acceptors (Lipinski definition) is 5. The van der Waals surface area contributed by atoms with Crippen LogP contribution in [0.25, 0.3) is 0 Å². The zero-order valence-electron chi connectivity index (χ0n) is 19.7. The van der Waals surface area contributed by atoms with Gasteiger partial charge in [-0.05, 0) is 47.5 Å². The van der Waals surface area contributed by atoms with Crippen molar-refractivity contribution in [2.24, 2.45) is 0 Å². The maximum Gasteiger partial charge on any atom is 0.119 e. The van der Waals surface area contributed by atoms with Crippen LogP contribution in [0.2, 0.25) is 0 Å². The number of ether oxygens (including phenoxy) is 1. The SMILES string of the molecule is CCN(CC(O)COc1ccc(C(C)(C)c2ccccc2)cc1)CC(O)c1cccc(O)c1. The maximum absolute atomic E-state index is 10.5. The first-order valence-electron chi connectivity index (χ1n) is 11.5. The lowest BCUT2D eigenvalue weighted by Crippen LogP contribution is -2.38. The van der Waals surface area contributed by atoms with Crippen LogP contribution in [0.3, 0.4) is 0 Å². The Kier molecular flexibility index (Phi) is 8.50. The zero-order valence-corrected chi connectivity index (χ0v) is 19.7. The normalized spacial score (nSPS) is 13.6. The molecule has 0 saturated carbocycles. The summed E-state index contributed by atoms with van der Waals surface area (Å²) in [6, 6.07) is 25.0. The van der Waals surface area contributed by atoms with E-state index in [1.54, 1.807) is 24.3 Å². The van der Waals surface area contributed by atoms with E-state index in [1.165, 1.54) is 11.1 Å². The zero-order chi connectivity index (χ0) is 23.8. The molecule has 5 heteroatoms. The highest BCUT2D eigenvalue weighted by molar-refractivity contribution is 5.39. The molecule has 0 amide bonds. The quantitative estimate of drug-likeness (QED) is 0.402. The summed E-state index contributed by atoms with van der Waals surface area (Å²) in [7, 11) is 0. The number of aliphatic hydroxyl groups is 2. The van der Waals surface area contributed by atoms with Crippen LogP contribution in [0.5, 0.6) is 11.5 Å². The van der Waals surface area contributed by atoms with E-state index in [0.717, 1.165) is 0 Å². The van der Waals surface area contributed by atoms with Crippen molar-refractivity contribution >= 4 is 0 Å². The van der Waals surface area contributed by atoms with Gasteiger partial charge in [0.2, 0.25) is 0 Å². The Morgan fingerprint density at radius 1 is 0.848 bits per heavy atom. The third-order valence-electron chi connectivity index (χ3n) is 6.12. The third kappa shape index (κ3) is 6.81. The third-order valence-corrected chi connectivity index (χ3v) is 6.12. The molecule has 0 aromatic heterocycles. The maximum atomic E-state index is 10.5. The van der Waals surface area contributed by atoms with Crippen LogP contribution < -0.4 is 4.74 Å². The molecule has 2 unspecified atom stereocenters. The molecule has 0 heterocycles. The molecule has 33 heavy (non-hydrogen) atoms. The van der Waals surface area contributed by atoms with Crippen LogP contribution in [-0.2, 0) is 5.41 Å². The topological polar surface area (TPSA) is 73.2 Å². The molecule has 3 rings (SSSR count). The van der Waals surface area contributed by atoms with Crippen molar-refractivity contribution in [1.29, 1.82) is 0 Å². The number of aromatic hydroxyl groups is 1. The number of nitrogens with zero attached hydrogens (tertiary/aromatic N) is 1. The highest BCUT2D eigenvalue weighted by Crippen LogP contribution is 2.32. The second-order valence-electron chi connectivity index (χ2n) is 8.94. The number of likely N-dealkylation sites (N-methyl/N-ethyl adjacent to an activating group) is 1. The van der Waals surface area contributed by atoms with Gasteiger partial charge in [0.25, 0.3) is 0 Å². The second-order valence-corrected chi connectivity index (χ2v) is 8.94. The van der Waals surface area contributed by atoms with Crippen LogP contribution in [0.15, 0.2) is 78.9 Å². The molecule has 176 valence electrons. The van der Waals surface area contributed by atoms with Crippen molar-refractivity contribution in [2.75, 3.05) is 26.2 Å². The lowest BCUT2D eigenvalue weighted by molar-refractivity contribution is 0.0474. The molecule has 0 bridgehead atoms. The molecule has 0 radical (unpaired) electrons. The van der Waals surface area contributed by atoms with Gasteiger partial charge in [0.05, 0.1) is 6.10 Å². The van der Waals surface area contributed by atoms with Crippen LogP contribution in [0.1, 0.15) is 43.6 Å². The van der Waals surface area contributed by atoms with Crippen LogP contribution >= 0.6 is 0 Å². The van der Waals surface area contributed by atoms with Crippen molar-refractivity contribution < 1.29 is 20.1 Å². The Labute approximate surface area is 196 Å². The van der Waals surface area contributed by atoms with Gasteiger partial charge in [-0.25, -0.2) is 0 Å². The Balaban J connectivity index is 1.52. The van der Waals surface area contributed by atoms with Gasteiger partial charge in [0.15, 0.2) is 0 Å². The predicted octanol–water partition coefficient (Wildman–Crippen LogP) is 4.51. The summed E-state index contributed by atoms with van der Waals surface area (Å²) in [6.45, 7) is 7.97. The van der Waals surface area contributed by atoms with Gasteiger partial charge in [0, 0.05) is 18.5 Å². The largest absolute Gasteiger partial charge is 0.508 e. The van der Waals surface area contributed by atoms with Crippen molar-refractivity contribution in [3.05, 3.63) is 95.6 Å². The van der Waals surface area contributed by atoms with Crippen molar-refractivity contribution in [1.82, 2.24) is 4.90 Å². The number of benzene rings is 3. The van der Waals surface area contributed by atoms with Crippen LogP contribution in [-0.4, -0.2) is 52.6 Å². The number of aliphatic hydroxyl groups excluding tert-OH is 2. The molecule has 0 fully saturated rings. The fourth-order valence-electron chi connectivity index (χ4n) is 3.95. The minimum absolute atomic E-state index is 0.114. The van der Waals surface area contributed by atoms with Crippen molar-refractivity contribution in [3.8, 4) is 11.5 Å². The van der Waals surface area contributed by atoms with Gasteiger partial charge in [0.1, 0.15) is 24.2 Å². The average molecular weight is 450 g/mol. The molecule has 0 aliphatic carbocycles. The summed E-state index contributed by atoms with van der Waals surface area (Å²) in [6.07, 6.45) is -1.44. The Bertz CT molecular complexity index is 988. The van der Waals surface area contributed by atoms with E-state index in [2.05, 4.69) is 50.2 Å². The van der Waals surface area contributed by atoms with E-state index in [0.29, 0.717) is 30.9 Å². The average Bonchev–Trinajstić information content (AvgIpc) is 2.83. The van der Waals surface area contributed by atoms with E-state index in [1.807, 2.05) is 30.0 Å². The highest BCUT2D eigenvalue weighted by atomic mass is 16.5. The molecule has 2 atom stereocenters. The molecule has 0 aliphatic rings. The monoisotopic (exact) mass is 449 g/mol. The van der Waals surface area contributed by atoms with E-state index in [9.17, 15) is 15.3 Å². The standard InChI is InChI=1S/C28H35NO4/c1-4-29(19-27(32)21-9-8-12-24(30)17-21)18-25(31)20-33-26-15-13-23(14-16-26)28(2,3)22-10-6-5-7-11-22/h5-17,25,27,30-32H,4,18-20H2,1-3H3. The van der Waals surface area contributed by atoms with E-state index < -0.39 is 12.2 Å². The Morgan fingerprint density at radius 2 is 1.52 bits per heavy atom. The second kappa shape index (κ2) is 11.3. The summed E-state index contributed by atoms with van der Waals surface area (Å²) in [4.78, 5) is 1.97. The molecule has 3 N–H and O–H groups in total. The van der Waals surface area contributed by atoms with Gasteiger partial charge in [-0.15, -0.1) is 0 Å². The van der Waals surface area contributed by atoms with Crippen molar-refractivity contribution in [3.63, 3.8) is 0 Å². The number of phenols is 1. The number of phenolic OH excluding ortho intramolecular Hbond substituents is 1. The summed E-state index contributed by atoms with van der Waals surface area (Å²) in [5.41, 5.74) is 2.98. The molecule has 0 aliphatic heterocycles. The van der Waals surface area contributed by atoms with Crippen molar-refractivity contribution in [2.45, 2.75) is 38.4 Å². The first kappa shape index (κ1) is 24.8. The molecule has 0 saturated heterocycles. The van der Waals surface area contributed by atoms with Crippen LogP contribution in [0, 0.1) is 0 Å². The first-order chi connectivity index (χ1) is 15.8. The molecule has 3 aromatic rings. The molecule has 3 aromatic carbocycles. The summed E-state index contributed by atoms with van der Waals surface area (Å²) in [5, 5.41) is 30.6. The molecule has 0 spiro atoms. The van der Waals surface area contributed by atoms with Gasteiger partial charge in [-0.2, -0.15) is 0 Å². The molecular weight excluding hydrogens is 414 g/mol. The summed E-state index contributed by atoms with van der Waals surface area (Å²) in [5.74, 6) is 0.839. The fourth-order valence-corrected chi connectivity index (χ4v) is 3.95. The number of rotatable bonds is 11. The lowest BCUT2D eigenvalue weighted by Gasteiger charge is -2.27. The Morgan fingerprint density at radius 3 is 2.15 bits per heavy atom. The van der Waals surface area contributed by atoms with E-state index >= 15 is 0 Å². The summed E-state index contributed by atoms with van der Waals surface area (Å²) >= 11 is 0. The van der Waals surface area contributed by atoms with Crippen LogP contribution in [0.4, 0.5) is 0 Å². The van der Waals surface area contributed by atoms with Gasteiger partial charge < -0.3 is 20.1 Å². The minimum Gasteiger partial charge on any atom is -0.508 e. The molecule has 5 nitrogen and oxygen atoms in total. The van der Waals surface area contributed by atoms with E-state index in [-0.39, 0.29) is 17.8 Å². The van der Waals surface area contributed by atoms with Gasteiger partial charge in [-0.3, -0.25) is 4.90 Å². The minimum atomic E-state index is -0.745. The molecular formula is C28H35NO4. The summed E-state index contributed by atoms with van der Waals surface area (Å²) < 4.78 is 5.82. The highest BCUT2D eigenvalue weighted by Gasteiger charge is 2.23. The number of hydrogen-bond donors (Lipinski definition) is 3.